The monoisotopic (exact) mass is 421 g/mol. The average molecular weight is 421 g/mol. The van der Waals surface area contributed by atoms with Crippen LogP contribution in [0.5, 0.6) is 0 Å². The van der Waals surface area contributed by atoms with Gasteiger partial charge in [0.25, 0.3) is 5.91 Å². The number of aryl methyl sites for hydroxylation is 3. The predicted molar refractivity (Wildman–Crippen MR) is 119 cm³/mol. The molecule has 2 aromatic rings. The third-order valence-corrected chi connectivity index (χ3v) is 4.61. The highest BCUT2D eigenvalue weighted by Gasteiger charge is 2.16. The zero-order valence-corrected chi connectivity index (χ0v) is 17.2. The molecule has 1 amide bonds. The Labute approximate surface area is 179 Å². The van der Waals surface area contributed by atoms with Crippen molar-refractivity contribution in [1.82, 2.24) is 0 Å². The topological polar surface area (TPSA) is 140 Å². The Morgan fingerprint density at radius 1 is 1.00 bits per heavy atom. The van der Waals surface area contributed by atoms with Gasteiger partial charge in [0, 0.05) is 13.3 Å². The Kier molecular flexibility index (Phi) is 7.96. The second-order valence-corrected chi connectivity index (χ2v) is 6.73. The number of carbonyl (C=O) groups is 3. The smallest absolute Gasteiger partial charge is 0.337 e. The Morgan fingerprint density at radius 3 is 2.16 bits per heavy atom. The molecule has 0 spiro atoms. The molecule has 0 aliphatic rings. The summed E-state index contributed by atoms with van der Waals surface area (Å²) in [6.07, 6.45) is 4.85. The van der Waals surface area contributed by atoms with Crippen LogP contribution >= 0.6 is 0 Å². The number of anilines is 1. The molecule has 2 rings (SSSR count). The normalized spacial score (nSPS) is 11.4. The molecule has 0 heterocycles. The first kappa shape index (κ1) is 23.2. The van der Waals surface area contributed by atoms with E-state index in [4.69, 9.17) is 10.5 Å². The van der Waals surface area contributed by atoms with E-state index in [0.717, 1.165) is 17.3 Å². The molecule has 0 unspecified atom stereocenters. The summed E-state index contributed by atoms with van der Waals surface area (Å²) in [5.74, 6) is -2.73. The van der Waals surface area contributed by atoms with Crippen molar-refractivity contribution < 1.29 is 24.6 Å². The second-order valence-electron chi connectivity index (χ2n) is 6.73. The number of hydrogen-bond acceptors (Lipinski definition) is 5. The maximum Gasteiger partial charge on any atom is 0.337 e. The van der Waals surface area contributed by atoms with Crippen LogP contribution in [-0.4, -0.2) is 47.0 Å². The third kappa shape index (κ3) is 6.20. The summed E-state index contributed by atoms with van der Waals surface area (Å²) in [6.45, 7) is 1.73. The van der Waals surface area contributed by atoms with E-state index in [-0.39, 0.29) is 22.5 Å². The lowest BCUT2D eigenvalue weighted by Crippen LogP contribution is -2.22. The molecule has 0 fully saturated rings. The van der Waals surface area contributed by atoms with Gasteiger partial charge in [-0.3, -0.25) is 9.79 Å². The van der Waals surface area contributed by atoms with Gasteiger partial charge in [0.1, 0.15) is 5.71 Å². The van der Waals surface area contributed by atoms with E-state index in [9.17, 15) is 19.5 Å². The first-order chi connectivity index (χ1) is 14.8. The molecule has 0 saturated carbocycles. The Hall–Kier alpha value is -4.07. The van der Waals surface area contributed by atoms with Gasteiger partial charge in [0.05, 0.1) is 16.8 Å². The van der Waals surface area contributed by atoms with E-state index in [0.29, 0.717) is 18.4 Å². The molecular formula is C23H23N3O5. The fraction of sp³-hybridized carbons (Fsp3) is 0.174. The van der Waals surface area contributed by atoms with Crippen LogP contribution in [-0.2, 0) is 17.6 Å². The lowest BCUT2D eigenvalue weighted by atomic mass is 9.98. The maximum absolute atomic E-state index is 12.3. The summed E-state index contributed by atoms with van der Waals surface area (Å²) in [7, 11) is 1.43. The average Bonchev–Trinajstić information content (AvgIpc) is 2.73. The van der Waals surface area contributed by atoms with Crippen molar-refractivity contribution in [2.24, 2.45) is 4.99 Å². The summed E-state index contributed by atoms with van der Waals surface area (Å²) in [5, 5.41) is 28.2. The van der Waals surface area contributed by atoms with Crippen LogP contribution in [0.25, 0.3) is 0 Å². The van der Waals surface area contributed by atoms with Crippen molar-refractivity contribution in [3.8, 4) is 0 Å². The van der Waals surface area contributed by atoms with Gasteiger partial charge in [0.15, 0.2) is 0 Å². The van der Waals surface area contributed by atoms with Gasteiger partial charge >= 0.3 is 11.9 Å². The number of carboxylic acids is 2. The molecule has 0 bridgehead atoms. The third-order valence-electron chi connectivity index (χ3n) is 4.61. The quantitative estimate of drug-likeness (QED) is 0.460. The molecular weight excluding hydrogens is 398 g/mol. The summed E-state index contributed by atoms with van der Waals surface area (Å²) in [4.78, 5) is 39.0. The Balaban J connectivity index is 2.18. The Morgan fingerprint density at radius 2 is 1.61 bits per heavy atom. The van der Waals surface area contributed by atoms with Gasteiger partial charge in [-0.1, -0.05) is 18.2 Å². The van der Waals surface area contributed by atoms with Crippen molar-refractivity contribution in [3.05, 3.63) is 76.4 Å². The Bertz CT molecular complexity index is 1090. The highest BCUT2D eigenvalue weighted by Crippen LogP contribution is 2.20. The molecule has 0 radical (unpaired) electrons. The summed E-state index contributed by atoms with van der Waals surface area (Å²) in [5.41, 5.74) is 2.79. The maximum atomic E-state index is 12.3. The summed E-state index contributed by atoms with van der Waals surface area (Å²) >= 11 is 0. The molecule has 0 aliphatic heterocycles. The van der Waals surface area contributed by atoms with Crippen LogP contribution in [0.3, 0.4) is 0 Å². The molecule has 4 N–H and O–H groups in total. The number of nitrogens with zero attached hydrogens (tertiary/aromatic N) is 1. The van der Waals surface area contributed by atoms with Crippen LogP contribution in [0, 0.1) is 12.3 Å². The molecule has 0 saturated heterocycles. The van der Waals surface area contributed by atoms with Gasteiger partial charge in [-0.15, -0.1) is 0 Å². The first-order valence-electron chi connectivity index (χ1n) is 9.41. The molecule has 8 heteroatoms. The van der Waals surface area contributed by atoms with E-state index in [1.807, 2.05) is 6.07 Å². The minimum Gasteiger partial charge on any atom is -0.478 e. The number of allylic oxidation sites excluding steroid dienone is 1. The van der Waals surface area contributed by atoms with E-state index < -0.39 is 17.8 Å². The number of carboxylic acid groups (broad SMARTS) is 2. The highest BCUT2D eigenvalue weighted by atomic mass is 16.4. The molecule has 0 atom stereocenters. The number of amides is 1. The van der Waals surface area contributed by atoms with Crippen LogP contribution < -0.4 is 5.32 Å². The van der Waals surface area contributed by atoms with E-state index >= 15 is 0 Å². The SMILES string of the molecule is CN=C(/C=C\C=N)C(=O)Nc1ccc(CCc2ccc(C(=O)O)c(C)c2)cc1C(=O)O. The van der Waals surface area contributed by atoms with Crippen molar-refractivity contribution in [2.45, 2.75) is 19.8 Å². The number of nitrogens with one attached hydrogen (secondary N) is 2. The van der Waals surface area contributed by atoms with Crippen molar-refractivity contribution in [2.75, 3.05) is 12.4 Å². The number of aliphatic imine (C=N–C) groups is 1. The lowest BCUT2D eigenvalue weighted by Gasteiger charge is -2.11. The van der Waals surface area contributed by atoms with Gasteiger partial charge in [-0.2, -0.15) is 0 Å². The van der Waals surface area contributed by atoms with Crippen LogP contribution in [0.1, 0.15) is 37.4 Å². The minimum absolute atomic E-state index is 0.0465. The van der Waals surface area contributed by atoms with Crippen LogP contribution in [0.15, 0.2) is 53.5 Å². The fourth-order valence-corrected chi connectivity index (χ4v) is 3.02. The van der Waals surface area contributed by atoms with Crippen molar-refractivity contribution in [3.63, 3.8) is 0 Å². The van der Waals surface area contributed by atoms with Crippen molar-refractivity contribution >= 4 is 35.5 Å². The van der Waals surface area contributed by atoms with E-state index in [1.54, 1.807) is 25.1 Å². The molecule has 8 nitrogen and oxygen atoms in total. The van der Waals surface area contributed by atoms with Gasteiger partial charge in [-0.25, -0.2) is 9.59 Å². The standard InChI is InChI=1S/C23H23N3O5/c1-14-12-15(7-9-17(14)22(28)29)5-6-16-8-10-19(18(13-16)23(30)31)26-21(27)20(25-2)4-3-11-24/h3-4,7-13,24H,5-6H2,1-2H3,(H,26,27)(H,28,29)(H,30,31)/b4-3-,24-11?,25-20?. The van der Waals surface area contributed by atoms with Gasteiger partial charge < -0.3 is 20.9 Å². The number of hydrogen-bond donors (Lipinski definition) is 4. The number of carbonyl (C=O) groups excluding carboxylic acids is 1. The molecule has 0 aliphatic carbocycles. The van der Waals surface area contributed by atoms with Gasteiger partial charge in [0.2, 0.25) is 0 Å². The zero-order valence-electron chi connectivity index (χ0n) is 17.2. The van der Waals surface area contributed by atoms with Gasteiger partial charge in [-0.05, 0) is 66.8 Å². The van der Waals surface area contributed by atoms with Crippen LogP contribution in [0.4, 0.5) is 5.69 Å². The van der Waals surface area contributed by atoms with E-state index in [1.165, 1.54) is 31.3 Å². The van der Waals surface area contributed by atoms with Crippen LogP contribution in [0.2, 0.25) is 0 Å². The molecule has 31 heavy (non-hydrogen) atoms. The second kappa shape index (κ2) is 10.6. The first-order valence-corrected chi connectivity index (χ1v) is 9.41. The summed E-state index contributed by atoms with van der Waals surface area (Å²) < 4.78 is 0. The largest absolute Gasteiger partial charge is 0.478 e. The molecule has 0 aromatic heterocycles. The number of rotatable bonds is 9. The van der Waals surface area contributed by atoms with Crippen molar-refractivity contribution in [1.29, 1.82) is 5.41 Å². The summed E-state index contributed by atoms with van der Waals surface area (Å²) in [6, 6.07) is 9.89. The highest BCUT2D eigenvalue weighted by molar-refractivity contribution is 6.47. The molecule has 2 aromatic carbocycles. The minimum atomic E-state index is -1.18. The molecule has 160 valence electrons. The number of aromatic carboxylic acids is 2. The predicted octanol–water partition coefficient (Wildman–Crippen LogP) is 3.39. The fourth-order valence-electron chi connectivity index (χ4n) is 3.02. The lowest BCUT2D eigenvalue weighted by molar-refractivity contribution is -0.110. The zero-order chi connectivity index (χ0) is 23.0. The van der Waals surface area contributed by atoms with E-state index in [2.05, 4.69) is 10.3 Å². The number of benzene rings is 2.